The van der Waals surface area contributed by atoms with Crippen LogP contribution in [0.4, 0.5) is 10.5 Å². The van der Waals surface area contributed by atoms with E-state index in [1.165, 1.54) is 10.9 Å². The van der Waals surface area contributed by atoms with Gasteiger partial charge >= 0.3 is 11.8 Å². The molecule has 0 aromatic carbocycles. The van der Waals surface area contributed by atoms with E-state index in [2.05, 4.69) is 22.0 Å². The molecule has 2 heterocycles. The standard InChI is InChI=1S/C18H23N5O4/c1-6-8-12(21-17(24)27-18(2,3)4)13-9-7-10-14(20-13)16-15(23(25)26)11-19-22(16)5/h6-7,9-12H,1,8H2,2-5H3,(H,21,24). The average Bonchev–Trinajstić information content (AvgIpc) is 2.95. The molecule has 1 N–H and O–H groups in total. The number of nitrogens with zero attached hydrogens (tertiary/aromatic N) is 4. The van der Waals surface area contributed by atoms with Crippen LogP contribution in [0, 0.1) is 10.1 Å². The lowest BCUT2D eigenvalue weighted by Gasteiger charge is -2.23. The summed E-state index contributed by atoms with van der Waals surface area (Å²) in [6.45, 7) is 9.03. The summed E-state index contributed by atoms with van der Waals surface area (Å²) in [5, 5.41) is 18.0. The average molecular weight is 373 g/mol. The van der Waals surface area contributed by atoms with E-state index in [9.17, 15) is 14.9 Å². The molecule has 27 heavy (non-hydrogen) atoms. The van der Waals surface area contributed by atoms with Crippen LogP contribution in [-0.2, 0) is 11.8 Å². The second-order valence-electron chi connectivity index (χ2n) is 6.93. The van der Waals surface area contributed by atoms with Gasteiger partial charge in [-0.2, -0.15) is 5.10 Å². The third kappa shape index (κ3) is 5.13. The van der Waals surface area contributed by atoms with Crippen LogP contribution < -0.4 is 5.32 Å². The zero-order valence-electron chi connectivity index (χ0n) is 15.8. The zero-order chi connectivity index (χ0) is 20.2. The second kappa shape index (κ2) is 7.98. The highest BCUT2D eigenvalue weighted by Gasteiger charge is 2.24. The van der Waals surface area contributed by atoms with Crippen LogP contribution >= 0.6 is 0 Å². The van der Waals surface area contributed by atoms with Crippen molar-refractivity contribution in [2.45, 2.75) is 38.8 Å². The number of pyridine rings is 1. The highest BCUT2D eigenvalue weighted by Crippen LogP contribution is 2.29. The lowest BCUT2D eigenvalue weighted by molar-refractivity contribution is -0.384. The number of nitrogens with one attached hydrogen (secondary N) is 1. The Bertz CT molecular complexity index is 854. The molecule has 144 valence electrons. The summed E-state index contributed by atoms with van der Waals surface area (Å²) >= 11 is 0. The molecule has 0 aliphatic rings. The quantitative estimate of drug-likeness (QED) is 0.471. The maximum Gasteiger partial charge on any atom is 0.408 e. The number of carbonyl (C=O) groups excluding carboxylic acids is 1. The first-order chi connectivity index (χ1) is 12.6. The molecular weight excluding hydrogens is 350 g/mol. The normalized spacial score (nSPS) is 12.3. The first kappa shape index (κ1) is 20.1. The van der Waals surface area contributed by atoms with Crippen molar-refractivity contribution in [2.75, 3.05) is 0 Å². The first-order valence-corrected chi connectivity index (χ1v) is 8.36. The minimum absolute atomic E-state index is 0.137. The number of nitro groups is 1. The fourth-order valence-corrected chi connectivity index (χ4v) is 2.50. The van der Waals surface area contributed by atoms with E-state index in [-0.39, 0.29) is 11.4 Å². The maximum atomic E-state index is 12.1. The second-order valence-corrected chi connectivity index (χ2v) is 6.93. The largest absolute Gasteiger partial charge is 0.444 e. The Morgan fingerprint density at radius 2 is 2.19 bits per heavy atom. The van der Waals surface area contributed by atoms with E-state index in [1.807, 2.05) is 0 Å². The summed E-state index contributed by atoms with van der Waals surface area (Å²) in [5.41, 5.74) is 0.444. The third-order valence-corrected chi connectivity index (χ3v) is 3.58. The highest BCUT2D eigenvalue weighted by atomic mass is 16.6. The summed E-state index contributed by atoms with van der Waals surface area (Å²) in [6, 6.07) is 4.63. The maximum absolute atomic E-state index is 12.1. The Morgan fingerprint density at radius 3 is 2.78 bits per heavy atom. The van der Waals surface area contributed by atoms with E-state index >= 15 is 0 Å². The van der Waals surface area contributed by atoms with Gasteiger partial charge in [0.15, 0.2) is 5.69 Å². The van der Waals surface area contributed by atoms with Crippen LogP contribution in [-0.4, -0.2) is 31.4 Å². The van der Waals surface area contributed by atoms with E-state index in [0.717, 1.165) is 0 Å². The Morgan fingerprint density at radius 1 is 1.48 bits per heavy atom. The van der Waals surface area contributed by atoms with Crippen LogP contribution in [0.15, 0.2) is 37.1 Å². The molecule has 9 heteroatoms. The van der Waals surface area contributed by atoms with Gasteiger partial charge in [0.25, 0.3) is 0 Å². The van der Waals surface area contributed by atoms with Crippen molar-refractivity contribution in [3.8, 4) is 11.4 Å². The topological polar surface area (TPSA) is 112 Å². The van der Waals surface area contributed by atoms with Crippen molar-refractivity contribution < 1.29 is 14.5 Å². The fraction of sp³-hybridized carbons (Fsp3) is 0.389. The number of amides is 1. The van der Waals surface area contributed by atoms with Crippen molar-refractivity contribution >= 4 is 11.8 Å². The molecule has 0 spiro atoms. The number of aryl methyl sites for hydroxylation is 1. The van der Waals surface area contributed by atoms with Gasteiger partial charge < -0.3 is 10.1 Å². The number of rotatable bonds is 6. The van der Waals surface area contributed by atoms with Gasteiger partial charge in [-0.1, -0.05) is 12.1 Å². The minimum Gasteiger partial charge on any atom is -0.444 e. The summed E-state index contributed by atoms with van der Waals surface area (Å²) in [5.74, 6) is 0. The zero-order valence-corrected chi connectivity index (χ0v) is 15.8. The van der Waals surface area contributed by atoms with Gasteiger partial charge in [-0.15, -0.1) is 6.58 Å². The molecule has 0 saturated carbocycles. The van der Waals surface area contributed by atoms with Gasteiger partial charge in [0, 0.05) is 7.05 Å². The van der Waals surface area contributed by atoms with Crippen LogP contribution in [0.5, 0.6) is 0 Å². The van der Waals surface area contributed by atoms with Gasteiger partial charge in [0.1, 0.15) is 11.8 Å². The molecule has 0 saturated heterocycles. The van der Waals surface area contributed by atoms with E-state index in [0.29, 0.717) is 17.8 Å². The molecule has 1 atom stereocenters. The molecule has 0 fully saturated rings. The molecule has 2 aromatic rings. The van der Waals surface area contributed by atoms with Gasteiger partial charge in [0.05, 0.1) is 22.4 Å². The predicted molar refractivity (Wildman–Crippen MR) is 100 cm³/mol. The van der Waals surface area contributed by atoms with Crippen molar-refractivity contribution in [1.29, 1.82) is 0 Å². The number of hydrogen-bond acceptors (Lipinski definition) is 6. The summed E-state index contributed by atoms with van der Waals surface area (Å²) in [4.78, 5) is 27.4. The van der Waals surface area contributed by atoms with Gasteiger partial charge in [-0.25, -0.2) is 9.78 Å². The molecule has 2 aromatic heterocycles. The lowest BCUT2D eigenvalue weighted by atomic mass is 10.1. The molecule has 1 amide bonds. The molecular formula is C18H23N5O4. The Labute approximate surface area is 157 Å². The molecule has 0 aliphatic heterocycles. The van der Waals surface area contributed by atoms with Crippen LogP contribution in [0.2, 0.25) is 0 Å². The van der Waals surface area contributed by atoms with Crippen molar-refractivity contribution in [2.24, 2.45) is 7.05 Å². The van der Waals surface area contributed by atoms with E-state index < -0.39 is 22.7 Å². The van der Waals surface area contributed by atoms with Crippen LogP contribution in [0.3, 0.4) is 0 Å². The van der Waals surface area contributed by atoms with Crippen molar-refractivity contribution in [3.05, 3.63) is 52.9 Å². The number of hydrogen-bond donors (Lipinski definition) is 1. The first-order valence-electron chi connectivity index (χ1n) is 8.36. The SMILES string of the molecule is C=CCC(NC(=O)OC(C)(C)C)c1cccc(-c2c([N+](=O)[O-])cnn2C)n1. The predicted octanol–water partition coefficient (Wildman–Crippen LogP) is 3.53. The Hall–Kier alpha value is -3.23. The minimum atomic E-state index is -0.632. The molecule has 0 bridgehead atoms. The number of ether oxygens (including phenoxy) is 1. The number of alkyl carbamates (subject to hydrolysis) is 1. The molecule has 2 rings (SSSR count). The monoisotopic (exact) mass is 373 g/mol. The molecule has 0 aliphatic carbocycles. The number of aromatic nitrogens is 3. The third-order valence-electron chi connectivity index (χ3n) is 3.58. The van der Waals surface area contributed by atoms with E-state index in [4.69, 9.17) is 4.74 Å². The van der Waals surface area contributed by atoms with Gasteiger partial charge in [-0.05, 0) is 39.3 Å². The van der Waals surface area contributed by atoms with Crippen molar-refractivity contribution in [1.82, 2.24) is 20.1 Å². The lowest BCUT2D eigenvalue weighted by Crippen LogP contribution is -2.35. The fourth-order valence-electron chi connectivity index (χ4n) is 2.50. The van der Waals surface area contributed by atoms with Gasteiger partial charge in [0.2, 0.25) is 0 Å². The summed E-state index contributed by atoms with van der Waals surface area (Å²) in [7, 11) is 1.61. The molecule has 0 radical (unpaired) electrons. The summed E-state index contributed by atoms with van der Waals surface area (Å²) < 4.78 is 6.69. The highest BCUT2D eigenvalue weighted by molar-refractivity contribution is 5.69. The number of carbonyl (C=O) groups is 1. The van der Waals surface area contributed by atoms with E-state index in [1.54, 1.807) is 52.1 Å². The smallest absolute Gasteiger partial charge is 0.408 e. The van der Waals surface area contributed by atoms with Crippen LogP contribution in [0.1, 0.15) is 38.9 Å². The van der Waals surface area contributed by atoms with Crippen LogP contribution in [0.25, 0.3) is 11.4 Å². The Balaban J connectivity index is 2.36. The summed E-state index contributed by atoms with van der Waals surface area (Å²) in [6.07, 6.45) is 2.68. The van der Waals surface area contributed by atoms with Crippen molar-refractivity contribution in [3.63, 3.8) is 0 Å². The Kier molecular flexibility index (Phi) is 5.94. The molecule has 1 unspecified atom stereocenters. The van der Waals surface area contributed by atoms with Gasteiger partial charge in [-0.3, -0.25) is 14.8 Å². The molecule has 9 nitrogen and oxygen atoms in total.